The Bertz CT molecular complexity index is 547. The SMILES string of the molecule is CC(C)Cc1ccc(-c2csc(CC#N)n2)cc1. The Hall–Kier alpha value is -1.66. The van der Waals surface area contributed by atoms with Gasteiger partial charge in [0.2, 0.25) is 0 Å². The molecule has 0 aliphatic rings. The standard InChI is InChI=1S/C15H16N2S/c1-11(2)9-12-3-5-13(6-4-12)14-10-18-15(17-14)7-8-16/h3-6,10-11H,7,9H2,1-2H3. The zero-order valence-electron chi connectivity index (χ0n) is 10.7. The van der Waals surface area contributed by atoms with Crippen LogP contribution in [-0.4, -0.2) is 4.98 Å². The molecule has 0 atom stereocenters. The Morgan fingerprint density at radius 3 is 2.61 bits per heavy atom. The van der Waals surface area contributed by atoms with Gasteiger partial charge in [0.25, 0.3) is 0 Å². The molecule has 0 radical (unpaired) electrons. The van der Waals surface area contributed by atoms with E-state index in [-0.39, 0.29) is 0 Å². The van der Waals surface area contributed by atoms with E-state index in [2.05, 4.69) is 49.2 Å². The summed E-state index contributed by atoms with van der Waals surface area (Å²) in [6.07, 6.45) is 1.51. The second-order valence-corrected chi connectivity index (χ2v) is 5.70. The normalized spacial score (nSPS) is 10.6. The summed E-state index contributed by atoms with van der Waals surface area (Å²) in [5.41, 5.74) is 3.46. The van der Waals surface area contributed by atoms with Crippen LogP contribution >= 0.6 is 11.3 Å². The number of thiazole rings is 1. The third kappa shape index (κ3) is 3.18. The number of hydrogen-bond donors (Lipinski definition) is 0. The molecule has 0 unspecified atom stereocenters. The van der Waals surface area contributed by atoms with Crippen LogP contribution in [0.3, 0.4) is 0 Å². The lowest BCUT2D eigenvalue weighted by Crippen LogP contribution is -1.93. The molecule has 0 bridgehead atoms. The first kappa shape index (κ1) is 12.8. The molecular weight excluding hydrogens is 240 g/mol. The molecule has 2 nitrogen and oxygen atoms in total. The summed E-state index contributed by atoms with van der Waals surface area (Å²) < 4.78 is 0. The monoisotopic (exact) mass is 256 g/mol. The zero-order chi connectivity index (χ0) is 13.0. The van der Waals surface area contributed by atoms with Crippen molar-refractivity contribution in [2.45, 2.75) is 26.7 Å². The summed E-state index contributed by atoms with van der Waals surface area (Å²) in [6, 6.07) is 10.7. The average Bonchev–Trinajstić information content (AvgIpc) is 2.78. The van der Waals surface area contributed by atoms with Gasteiger partial charge in [-0.3, -0.25) is 0 Å². The number of nitriles is 1. The van der Waals surface area contributed by atoms with Crippen LogP contribution in [0.25, 0.3) is 11.3 Å². The topological polar surface area (TPSA) is 36.7 Å². The van der Waals surface area contributed by atoms with Gasteiger partial charge in [0.15, 0.2) is 0 Å². The maximum absolute atomic E-state index is 8.64. The highest BCUT2D eigenvalue weighted by molar-refractivity contribution is 7.10. The molecule has 0 fully saturated rings. The third-order valence-corrected chi connectivity index (χ3v) is 3.52. The quantitative estimate of drug-likeness (QED) is 0.826. The number of hydrogen-bond acceptors (Lipinski definition) is 3. The van der Waals surface area contributed by atoms with Crippen molar-refractivity contribution >= 4 is 11.3 Å². The summed E-state index contributed by atoms with van der Waals surface area (Å²) in [7, 11) is 0. The highest BCUT2D eigenvalue weighted by Crippen LogP contribution is 2.23. The number of nitrogens with zero attached hydrogens (tertiary/aromatic N) is 2. The van der Waals surface area contributed by atoms with E-state index < -0.39 is 0 Å². The molecule has 0 spiro atoms. The van der Waals surface area contributed by atoms with Crippen molar-refractivity contribution in [3.8, 4) is 17.3 Å². The lowest BCUT2D eigenvalue weighted by molar-refractivity contribution is 0.647. The van der Waals surface area contributed by atoms with Gasteiger partial charge in [-0.25, -0.2) is 4.98 Å². The lowest BCUT2D eigenvalue weighted by Gasteiger charge is -2.05. The van der Waals surface area contributed by atoms with Gasteiger partial charge in [-0.15, -0.1) is 11.3 Å². The van der Waals surface area contributed by atoms with Gasteiger partial charge in [-0.05, 0) is 17.9 Å². The predicted molar refractivity (Wildman–Crippen MR) is 75.4 cm³/mol. The maximum atomic E-state index is 8.64. The van der Waals surface area contributed by atoms with Crippen molar-refractivity contribution in [3.05, 3.63) is 40.2 Å². The summed E-state index contributed by atoms with van der Waals surface area (Å²) in [4.78, 5) is 4.46. The Labute approximate surface area is 112 Å². The minimum atomic E-state index is 0.399. The fraction of sp³-hybridized carbons (Fsp3) is 0.333. The maximum Gasteiger partial charge on any atom is 0.107 e. The summed E-state index contributed by atoms with van der Waals surface area (Å²) in [6.45, 7) is 4.45. The van der Waals surface area contributed by atoms with E-state index >= 15 is 0 Å². The van der Waals surface area contributed by atoms with Gasteiger partial charge in [-0.2, -0.15) is 5.26 Å². The van der Waals surface area contributed by atoms with Crippen LogP contribution in [0.2, 0.25) is 0 Å². The highest BCUT2D eigenvalue weighted by atomic mass is 32.1. The van der Waals surface area contributed by atoms with Gasteiger partial charge in [0.05, 0.1) is 18.2 Å². The first-order valence-corrected chi connectivity index (χ1v) is 6.97. The minimum absolute atomic E-state index is 0.399. The van der Waals surface area contributed by atoms with E-state index in [0.717, 1.165) is 22.7 Å². The van der Waals surface area contributed by atoms with Crippen LogP contribution in [0.15, 0.2) is 29.6 Å². The van der Waals surface area contributed by atoms with E-state index in [1.165, 1.54) is 5.56 Å². The number of rotatable bonds is 4. The molecule has 1 heterocycles. The van der Waals surface area contributed by atoms with Crippen LogP contribution < -0.4 is 0 Å². The van der Waals surface area contributed by atoms with Gasteiger partial charge in [-0.1, -0.05) is 38.1 Å². The molecule has 1 aromatic heterocycles. The number of aromatic nitrogens is 1. The highest BCUT2D eigenvalue weighted by Gasteiger charge is 2.04. The fourth-order valence-corrected chi connectivity index (χ4v) is 2.61. The Morgan fingerprint density at radius 2 is 2.00 bits per heavy atom. The average molecular weight is 256 g/mol. The molecule has 0 amide bonds. The molecule has 3 heteroatoms. The van der Waals surface area contributed by atoms with Gasteiger partial charge >= 0.3 is 0 Å². The van der Waals surface area contributed by atoms with Crippen molar-refractivity contribution in [2.75, 3.05) is 0 Å². The first-order valence-electron chi connectivity index (χ1n) is 6.09. The lowest BCUT2D eigenvalue weighted by atomic mass is 10.0. The van der Waals surface area contributed by atoms with Crippen molar-refractivity contribution in [1.82, 2.24) is 4.98 Å². The smallest absolute Gasteiger partial charge is 0.107 e. The largest absolute Gasteiger partial charge is 0.240 e. The van der Waals surface area contributed by atoms with Crippen LogP contribution in [0, 0.1) is 17.2 Å². The predicted octanol–water partition coefficient (Wildman–Crippen LogP) is 4.07. The van der Waals surface area contributed by atoms with Crippen LogP contribution in [0.5, 0.6) is 0 Å². The van der Waals surface area contributed by atoms with E-state index in [0.29, 0.717) is 12.3 Å². The van der Waals surface area contributed by atoms with Crippen molar-refractivity contribution in [2.24, 2.45) is 5.92 Å². The summed E-state index contributed by atoms with van der Waals surface area (Å²) >= 11 is 1.55. The second kappa shape index (κ2) is 5.79. The van der Waals surface area contributed by atoms with Gasteiger partial charge in [0, 0.05) is 10.9 Å². The molecular formula is C15H16N2S. The van der Waals surface area contributed by atoms with Crippen LogP contribution in [0.1, 0.15) is 24.4 Å². The van der Waals surface area contributed by atoms with E-state index in [1.807, 2.05) is 5.38 Å². The molecule has 2 rings (SSSR count). The van der Waals surface area contributed by atoms with Gasteiger partial charge < -0.3 is 0 Å². The van der Waals surface area contributed by atoms with E-state index in [1.54, 1.807) is 11.3 Å². The minimum Gasteiger partial charge on any atom is -0.240 e. The van der Waals surface area contributed by atoms with Crippen molar-refractivity contribution in [1.29, 1.82) is 5.26 Å². The Morgan fingerprint density at radius 1 is 1.28 bits per heavy atom. The molecule has 2 aromatic rings. The van der Waals surface area contributed by atoms with E-state index in [9.17, 15) is 0 Å². The summed E-state index contributed by atoms with van der Waals surface area (Å²) in [5.74, 6) is 0.678. The Kier molecular flexibility index (Phi) is 4.11. The summed E-state index contributed by atoms with van der Waals surface area (Å²) in [5, 5.41) is 11.5. The van der Waals surface area contributed by atoms with Crippen LogP contribution in [-0.2, 0) is 12.8 Å². The van der Waals surface area contributed by atoms with E-state index in [4.69, 9.17) is 5.26 Å². The third-order valence-electron chi connectivity index (χ3n) is 2.68. The Balaban J connectivity index is 2.15. The van der Waals surface area contributed by atoms with Crippen molar-refractivity contribution in [3.63, 3.8) is 0 Å². The molecule has 92 valence electrons. The van der Waals surface area contributed by atoms with Crippen molar-refractivity contribution < 1.29 is 0 Å². The molecule has 18 heavy (non-hydrogen) atoms. The molecule has 0 aliphatic heterocycles. The molecule has 0 N–H and O–H groups in total. The first-order chi connectivity index (χ1) is 8.69. The zero-order valence-corrected chi connectivity index (χ0v) is 11.5. The molecule has 1 aromatic carbocycles. The fourth-order valence-electron chi connectivity index (χ4n) is 1.88. The molecule has 0 saturated carbocycles. The van der Waals surface area contributed by atoms with Gasteiger partial charge in [0.1, 0.15) is 5.01 Å². The second-order valence-electron chi connectivity index (χ2n) is 4.76. The molecule has 0 saturated heterocycles. The van der Waals surface area contributed by atoms with Crippen LogP contribution in [0.4, 0.5) is 0 Å². The number of benzene rings is 1. The molecule has 0 aliphatic carbocycles.